The van der Waals surface area contributed by atoms with Crippen molar-refractivity contribution in [1.29, 1.82) is 0 Å². The number of nitrogens with one attached hydrogen (secondary N) is 3. The highest BCUT2D eigenvalue weighted by molar-refractivity contribution is 5.94. The van der Waals surface area contributed by atoms with Crippen LogP contribution in [0.1, 0.15) is 36.1 Å². The molecule has 20 heavy (non-hydrogen) atoms. The van der Waals surface area contributed by atoms with Crippen molar-refractivity contribution in [2.75, 3.05) is 6.61 Å². The van der Waals surface area contributed by atoms with Crippen molar-refractivity contribution >= 4 is 5.91 Å². The van der Waals surface area contributed by atoms with Crippen LogP contribution in [0.5, 0.6) is 5.75 Å². The van der Waals surface area contributed by atoms with Gasteiger partial charge >= 0.3 is 5.69 Å². The fourth-order valence-corrected chi connectivity index (χ4v) is 1.73. The average Bonchev–Trinajstić information content (AvgIpc) is 2.86. The van der Waals surface area contributed by atoms with Crippen molar-refractivity contribution < 1.29 is 9.53 Å². The molecule has 2 rings (SSSR count). The van der Waals surface area contributed by atoms with Gasteiger partial charge in [0.15, 0.2) is 5.82 Å². The highest BCUT2D eigenvalue weighted by Gasteiger charge is 2.14. The Kier molecular flexibility index (Phi) is 4.19. The minimum Gasteiger partial charge on any atom is -0.494 e. The zero-order valence-corrected chi connectivity index (χ0v) is 11.3. The number of aromatic nitrogens is 3. The fourth-order valence-electron chi connectivity index (χ4n) is 1.73. The monoisotopic (exact) mass is 276 g/mol. The molecule has 1 amide bonds. The van der Waals surface area contributed by atoms with E-state index >= 15 is 0 Å². The van der Waals surface area contributed by atoms with Gasteiger partial charge in [0.25, 0.3) is 5.91 Å². The third-order valence-corrected chi connectivity index (χ3v) is 2.68. The topological polar surface area (TPSA) is 99.9 Å². The lowest BCUT2D eigenvalue weighted by Gasteiger charge is -2.11. The number of aromatic amines is 2. The predicted octanol–water partition coefficient (Wildman–Crippen LogP) is 0.988. The maximum atomic E-state index is 12.1. The van der Waals surface area contributed by atoms with Gasteiger partial charge in [-0.15, -0.1) is 0 Å². The first-order valence-electron chi connectivity index (χ1n) is 6.28. The van der Waals surface area contributed by atoms with Crippen molar-refractivity contribution in [3.8, 4) is 5.75 Å². The molecule has 0 unspecified atom stereocenters. The summed E-state index contributed by atoms with van der Waals surface area (Å²) in [7, 11) is 0. The van der Waals surface area contributed by atoms with Gasteiger partial charge in [-0.3, -0.25) is 9.78 Å². The maximum Gasteiger partial charge on any atom is 0.340 e. The lowest BCUT2D eigenvalue weighted by atomic mass is 10.2. The maximum absolute atomic E-state index is 12.1. The van der Waals surface area contributed by atoms with Crippen molar-refractivity contribution in [2.24, 2.45) is 0 Å². The van der Waals surface area contributed by atoms with Gasteiger partial charge in [-0.05, 0) is 32.0 Å². The van der Waals surface area contributed by atoms with Gasteiger partial charge in [-0.1, -0.05) is 6.07 Å². The number of ether oxygens (including phenoxy) is 1. The van der Waals surface area contributed by atoms with E-state index in [9.17, 15) is 9.59 Å². The fraction of sp³-hybridized carbons (Fsp3) is 0.308. The van der Waals surface area contributed by atoms with Crippen LogP contribution in [0.4, 0.5) is 0 Å². The summed E-state index contributed by atoms with van der Waals surface area (Å²) in [6, 6.07) is 6.49. The lowest BCUT2D eigenvalue weighted by molar-refractivity contribution is 0.0938. The Hall–Kier alpha value is -2.57. The van der Waals surface area contributed by atoms with E-state index in [2.05, 4.69) is 20.5 Å². The van der Waals surface area contributed by atoms with E-state index in [0.717, 1.165) is 0 Å². The standard InChI is InChI=1S/C13H16N4O3/c1-3-20-10-6-4-5-9(7-10)12(18)14-8(2)11-15-13(19)17-16-11/h4-8H,3H2,1-2H3,(H,14,18)(H2,15,16,17,19)/t8-/m1/s1. The molecule has 0 fully saturated rings. The highest BCUT2D eigenvalue weighted by atomic mass is 16.5. The number of hydrogen-bond acceptors (Lipinski definition) is 4. The van der Waals surface area contributed by atoms with E-state index in [-0.39, 0.29) is 5.91 Å². The summed E-state index contributed by atoms with van der Waals surface area (Å²) in [6.45, 7) is 4.15. The van der Waals surface area contributed by atoms with Crippen LogP contribution >= 0.6 is 0 Å². The third kappa shape index (κ3) is 3.25. The summed E-state index contributed by atoms with van der Waals surface area (Å²) in [5.41, 5.74) is 0.0834. The van der Waals surface area contributed by atoms with E-state index in [0.29, 0.717) is 23.7 Å². The molecule has 2 aromatic rings. The van der Waals surface area contributed by atoms with Crippen LogP contribution in [-0.4, -0.2) is 27.7 Å². The Morgan fingerprint density at radius 3 is 2.95 bits per heavy atom. The van der Waals surface area contributed by atoms with E-state index in [1.54, 1.807) is 31.2 Å². The highest BCUT2D eigenvalue weighted by Crippen LogP contribution is 2.14. The summed E-state index contributed by atoms with van der Waals surface area (Å²) in [4.78, 5) is 25.6. The van der Waals surface area contributed by atoms with E-state index in [1.165, 1.54) is 0 Å². The normalized spacial score (nSPS) is 11.9. The van der Waals surface area contributed by atoms with Crippen LogP contribution in [0.25, 0.3) is 0 Å². The molecule has 1 aromatic heterocycles. The van der Waals surface area contributed by atoms with Crippen LogP contribution in [0.15, 0.2) is 29.1 Å². The molecule has 1 atom stereocenters. The van der Waals surface area contributed by atoms with Crippen molar-refractivity contribution in [1.82, 2.24) is 20.5 Å². The van der Waals surface area contributed by atoms with Crippen LogP contribution in [-0.2, 0) is 0 Å². The smallest absolute Gasteiger partial charge is 0.340 e. The number of carbonyl (C=O) groups is 1. The van der Waals surface area contributed by atoms with Crippen molar-refractivity contribution in [3.63, 3.8) is 0 Å². The predicted molar refractivity (Wildman–Crippen MR) is 72.7 cm³/mol. The number of carbonyl (C=O) groups excluding carboxylic acids is 1. The van der Waals surface area contributed by atoms with Crippen molar-refractivity contribution in [3.05, 3.63) is 46.1 Å². The molecule has 0 saturated carbocycles. The summed E-state index contributed by atoms with van der Waals surface area (Å²) in [5.74, 6) is 0.758. The second-order valence-corrected chi connectivity index (χ2v) is 4.22. The average molecular weight is 276 g/mol. The molecule has 0 aliphatic carbocycles. The van der Waals surface area contributed by atoms with Gasteiger partial charge in [0.05, 0.1) is 12.6 Å². The number of hydrogen-bond donors (Lipinski definition) is 3. The van der Waals surface area contributed by atoms with Gasteiger partial charge in [0, 0.05) is 5.56 Å². The Bertz CT molecular complexity index is 647. The van der Waals surface area contributed by atoms with Crippen LogP contribution in [0.2, 0.25) is 0 Å². The molecule has 1 aromatic carbocycles. The Morgan fingerprint density at radius 2 is 2.30 bits per heavy atom. The van der Waals surface area contributed by atoms with Gasteiger partial charge in [-0.25, -0.2) is 9.89 Å². The van der Waals surface area contributed by atoms with Crippen LogP contribution in [0.3, 0.4) is 0 Å². The number of amides is 1. The zero-order valence-electron chi connectivity index (χ0n) is 11.3. The van der Waals surface area contributed by atoms with Gasteiger partial charge in [0.2, 0.25) is 0 Å². The van der Waals surface area contributed by atoms with Gasteiger partial charge < -0.3 is 10.1 Å². The van der Waals surface area contributed by atoms with Crippen LogP contribution < -0.4 is 15.7 Å². The van der Waals surface area contributed by atoms with E-state index < -0.39 is 11.7 Å². The first kappa shape index (κ1) is 13.9. The molecule has 7 heteroatoms. The van der Waals surface area contributed by atoms with Crippen LogP contribution in [0, 0.1) is 0 Å². The Morgan fingerprint density at radius 1 is 1.50 bits per heavy atom. The number of nitrogens with zero attached hydrogens (tertiary/aromatic N) is 1. The minimum atomic E-state index is -0.405. The number of H-pyrrole nitrogens is 2. The molecular formula is C13H16N4O3. The molecule has 7 nitrogen and oxygen atoms in total. The molecule has 3 N–H and O–H groups in total. The summed E-state index contributed by atoms with van der Waals surface area (Å²) in [5, 5.41) is 8.78. The first-order chi connectivity index (χ1) is 9.60. The molecular weight excluding hydrogens is 260 g/mol. The Balaban J connectivity index is 2.07. The molecule has 0 aliphatic rings. The second-order valence-electron chi connectivity index (χ2n) is 4.22. The minimum absolute atomic E-state index is 0.261. The molecule has 0 radical (unpaired) electrons. The third-order valence-electron chi connectivity index (χ3n) is 2.68. The summed E-state index contributed by atoms with van der Waals surface area (Å²) >= 11 is 0. The number of benzene rings is 1. The molecule has 0 spiro atoms. The summed E-state index contributed by atoms with van der Waals surface area (Å²) in [6.07, 6.45) is 0. The molecule has 0 saturated heterocycles. The quantitative estimate of drug-likeness (QED) is 0.758. The SMILES string of the molecule is CCOc1cccc(C(=O)N[C@H](C)c2n[nH]c(=O)[nH]2)c1. The number of rotatable bonds is 5. The molecule has 0 bridgehead atoms. The Labute approximate surface area is 115 Å². The molecule has 106 valence electrons. The molecule has 1 heterocycles. The van der Waals surface area contributed by atoms with E-state index in [4.69, 9.17) is 4.74 Å². The zero-order chi connectivity index (χ0) is 14.5. The van der Waals surface area contributed by atoms with E-state index in [1.807, 2.05) is 6.92 Å². The lowest BCUT2D eigenvalue weighted by Crippen LogP contribution is -2.27. The second kappa shape index (κ2) is 6.05. The van der Waals surface area contributed by atoms with Gasteiger partial charge in [0.1, 0.15) is 5.75 Å². The largest absolute Gasteiger partial charge is 0.494 e. The molecule has 0 aliphatic heterocycles. The van der Waals surface area contributed by atoms with Crippen molar-refractivity contribution in [2.45, 2.75) is 19.9 Å². The van der Waals surface area contributed by atoms with Gasteiger partial charge in [-0.2, -0.15) is 5.10 Å². The first-order valence-corrected chi connectivity index (χ1v) is 6.28. The summed E-state index contributed by atoms with van der Waals surface area (Å²) < 4.78 is 5.34.